The predicted octanol–water partition coefficient (Wildman–Crippen LogP) is 4.83. The number of benzene rings is 3. The molecule has 20 heavy (non-hydrogen) atoms. The third-order valence-corrected chi connectivity index (χ3v) is 3.91. The number of hydrogen-bond acceptors (Lipinski definition) is 0. The van der Waals surface area contributed by atoms with Crippen molar-refractivity contribution in [3.8, 4) is 0 Å². The van der Waals surface area contributed by atoms with E-state index in [1.165, 1.54) is 33.0 Å². The van der Waals surface area contributed by atoms with Crippen molar-refractivity contribution in [3.05, 3.63) is 89.5 Å². The fourth-order valence-corrected chi connectivity index (χ4v) is 3.00. The molecule has 0 unspecified atom stereocenters. The van der Waals surface area contributed by atoms with E-state index in [4.69, 9.17) is 0 Å². The normalized spacial score (nSPS) is 12.7. The van der Waals surface area contributed by atoms with Crippen molar-refractivity contribution in [1.29, 1.82) is 0 Å². The van der Waals surface area contributed by atoms with Crippen LogP contribution in [0, 0.1) is 0 Å². The number of fused-ring (bicyclic) bond motifs is 2. The zero-order valence-corrected chi connectivity index (χ0v) is 13.6. The van der Waals surface area contributed by atoms with Crippen molar-refractivity contribution in [2.45, 2.75) is 6.42 Å². The molecule has 0 saturated heterocycles. The van der Waals surface area contributed by atoms with Crippen LogP contribution in [0.2, 0.25) is 0 Å². The summed E-state index contributed by atoms with van der Waals surface area (Å²) in [4.78, 5) is 0. The van der Waals surface area contributed by atoms with Crippen LogP contribution in [0.4, 0.5) is 0 Å². The Balaban J connectivity index is 0.00000121. The third-order valence-electron chi connectivity index (χ3n) is 3.91. The van der Waals surface area contributed by atoms with Crippen molar-refractivity contribution >= 4 is 16.3 Å². The molecule has 0 aliphatic heterocycles. The van der Waals surface area contributed by atoms with Gasteiger partial charge in [-0.3, -0.25) is 0 Å². The second-order valence-electron chi connectivity index (χ2n) is 5.01. The average Bonchev–Trinajstić information content (AvgIpc) is 2.90. The molecule has 0 spiro atoms. The predicted molar refractivity (Wildman–Crippen MR) is 81.2 cm³/mol. The second kappa shape index (κ2) is 5.50. The van der Waals surface area contributed by atoms with Crippen LogP contribution in [-0.2, 0) is 32.6 Å². The third kappa shape index (κ3) is 2.11. The van der Waals surface area contributed by atoms with Gasteiger partial charge in [0.05, 0.1) is 0 Å². The summed E-state index contributed by atoms with van der Waals surface area (Å²) in [7, 11) is 0. The summed E-state index contributed by atoms with van der Waals surface area (Å²) >= 11 is 0. The Hall–Kier alpha value is -1.46. The zero-order valence-electron chi connectivity index (χ0n) is 11.1. The van der Waals surface area contributed by atoms with E-state index < -0.39 is 0 Å². The number of allylic oxidation sites excluding steroid dienone is 1. The van der Waals surface area contributed by atoms with Crippen molar-refractivity contribution in [2.24, 2.45) is 0 Å². The minimum Gasteiger partial charge on any atom is -0.0716 e. The SMILES string of the molecule is C1=C(c2cccc3ccccc23)c2ccccc2C1.[Zr]. The van der Waals surface area contributed by atoms with Gasteiger partial charge in [-0.05, 0) is 39.5 Å². The molecule has 3 aromatic rings. The summed E-state index contributed by atoms with van der Waals surface area (Å²) in [5.41, 5.74) is 5.56. The van der Waals surface area contributed by atoms with Gasteiger partial charge in [-0.1, -0.05) is 72.8 Å². The van der Waals surface area contributed by atoms with Gasteiger partial charge in [0.2, 0.25) is 0 Å². The fourth-order valence-electron chi connectivity index (χ4n) is 3.00. The van der Waals surface area contributed by atoms with Gasteiger partial charge in [-0.15, -0.1) is 0 Å². The van der Waals surface area contributed by atoms with Crippen LogP contribution in [0.1, 0.15) is 16.7 Å². The maximum absolute atomic E-state index is 2.35. The monoisotopic (exact) mass is 332 g/mol. The van der Waals surface area contributed by atoms with Gasteiger partial charge in [-0.2, -0.15) is 0 Å². The smallest absolute Gasteiger partial charge is 0 e. The average molecular weight is 334 g/mol. The molecule has 0 nitrogen and oxygen atoms in total. The van der Waals surface area contributed by atoms with Crippen LogP contribution in [-0.4, -0.2) is 0 Å². The van der Waals surface area contributed by atoms with Gasteiger partial charge in [0, 0.05) is 26.2 Å². The Bertz CT molecular complexity index is 794. The maximum Gasteiger partial charge on any atom is 0 e. The van der Waals surface area contributed by atoms with E-state index in [1.54, 1.807) is 0 Å². The van der Waals surface area contributed by atoms with Crippen molar-refractivity contribution in [2.75, 3.05) is 0 Å². The van der Waals surface area contributed by atoms with Gasteiger partial charge < -0.3 is 0 Å². The molecule has 0 N–H and O–H groups in total. The van der Waals surface area contributed by atoms with Gasteiger partial charge in [0.1, 0.15) is 0 Å². The van der Waals surface area contributed by atoms with E-state index in [1.807, 2.05) is 0 Å². The molecule has 0 heterocycles. The Morgan fingerprint density at radius 1 is 0.650 bits per heavy atom. The van der Waals surface area contributed by atoms with E-state index in [0.717, 1.165) is 6.42 Å². The number of rotatable bonds is 1. The molecule has 1 heteroatoms. The standard InChI is InChI=1S/C19H14.Zr/c1-3-9-16-14(6-1)8-5-11-18(16)19-13-12-15-7-2-4-10-17(15)19;/h1-11,13H,12H2;. The second-order valence-corrected chi connectivity index (χ2v) is 5.01. The van der Waals surface area contributed by atoms with E-state index in [0.29, 0.717) is 0 Å². The summed E-state index contributed by atoms with van der Waals surface area (Å²) in [5, 5.41) is 2.65. The summed E-state index contributed by atoms with van der Waals surface area (Å²) in [6.45, 7) is 0. The van der Waals surface area contributed by atoms with Crippen LogP contribution in [0.15, 0.2) is 72.8 Å². The Labute approximate surface area is 138 Å². The molecular formula is C19H14Zr. The minimum absolute atomic E-state index is 0. The van der Waals surface area contributed by atoms with Crippen molar-refractivity contribution < 1.29 is 26.2 Å². The molecule has 0 saturated carbocycles. The summed E-state index contributed by atoms with van der Waals surface area (Å²) in [5.74, 6) is 0. The van der Waals surface area contributed by atoms with Gasteiger partial charge in [0.15, 0.2) is 0 Å². The fraction of sp³-hybridized carbons (Fsp3) is 0.0526. The Morgan fingerprint density at radius 2 is 1.35 bits per heavy atom. The van der Waals surface area contributed by atoms with Crippen LogP contribution < -0.4 is 0 Å². The quantitative estimate of drug-likeness (QED) is 0.598. The minimum atomic E-state index is 0. The first kappa shape index (κ1) is 13.5. The van der Waals surface area contributed by atoms with Crippen LogP contribution in [0.25, 0.3) is 16.3 Å². The first-order valence-corrected chi connectivity index (χ1v) is 6.70. The van der Waals surface area contributed by atoms with Crippen LogP contribution >= 0.6 is 0 Å². The Kier molecular flexibility index (Phi) is 3.72. The molecule has 1 aliphatic carbocycles. The molecule has 0 amide bonds. The van der Waals surface area contributed by atoms with E-state index in [-0.39, 0.29) is 26.2 Å². The first-order valence-electron chi connectivity index (χ1n) is 6.70. The zero-order chi connectivity index (χ0) is 12.7. The largest absolute Gasteiger partial charge is 0.0716 e. The molecule has 0 aromatic heterocycles. The molecule has 0 fully saturated rings. The number of hydrogen-bond donors (Lipinski definition) is 0. The Morgan fingerprint density at radius 3 is 2.30 bits per heavy atom. The van der Waals surface area contributed by atoms with E-state index >= 15 is 0 Å². The van der Waals surface area contributed by atoms with Crippen LogP contribution in [0.3, 0.4) is 0 Å². The molecule has 1 aliphatic rings. The first-order chi connectivity index (χ1) is 9.43. The maximum atomic E-state index is 2.35. The van der Waals surface area contributed by atoms with E-state index in [9.17, 15) is 0 Å². The molecule has 0 radical (unpaired) electrons. The molecule has 0 atom stereocenters. The molecule has 4 rings (SSSR count). The molecule has 0 bridgehead atoms. The molecule has 94 valence electrons. The van der Waals surface area contributed by atoms with E-state index in [2.05, 4.69) is 72.8 Å². The topological polar surface area (TPSA) is 0 Å². The van der Waals surface area contributed by atoms with Crippen molar-refractivity contribution in [1.82, 2.24) is 0 Å². The summed E-state index contributed by atoms with van der Waals surface area (Å²) in [6, 6.07) is 23.9. The summed E-state index contributed by atoms with van der Waals surface area (Å²) in [6.07, 6.45) is 3.40. The van der Waals surface area contributed by atoms with Crippen molar-refractivity contribution in [3.63, 3.8) is 0 Å². The van der Waals surface area contributed by atoms with Gasteiger partial charge in [0.25, 0.3) is 0 Å². The molecule has 3 aromatic carbocycles. The van der Waals surface area contributed by atoms with Gasteiger partial charge in [-0.25, -0.2) is 0 Å². The van der Waals surface area contributed by atoms with Crippen LogP contribution in [0.5, 0.6) is 0 Å². The molecular weight excluding hydrogens is 319 g/mol. The van der Waals surface area contributed by atoms with Gasteiger partial charge >= 0.3 is 0 Å². The summed E-state index contributed by atoms with van der Waals surface area (Å²) < 4.78 is 0.